The van der Waals surface area contributed by atoms with E-state index in [4.69, 9.17) is 0 Å². The van der Waals surface area contributed by atoms with Gasteiger partial charge in [0, 0.05) is 17.6 Å². The van der Waals surface area contributed by atoms with E-state index in [9.17, 15) is 9.70 Å². The number of carbonyl (C=O) groups is 1. The topological polar surface area (TPSA) is 71.2 Å². The van der Waals surface area contributed by atoms with Crippen molar-refractivity contribution in [2.75, 3.05) is 0 Å². The molecule has 0 N–H and O–H groups in total. The first kappa shape index (κ1) is 5.74. The molecule has 1 rings (SSSR count). The van der Waals surface area contributed by atoms with E-state index in [1.165, 1.54) is 12.4 Å². The van der Waals surface area contributed by atoms with E-state index >= 15 is 0 Å². The molecule has 0 saturated carbocycles. The first-order chi connectivity index (χ1) is 4.34. The molecule has 1 aliphatic rings. The van der Waals surface area contributed by atoms with E-state index < -0.39 is 11.8 Å². The van der Waals surface area contributed by atoms with Crippen molar-refractivity contribution in [2.45, 2.75) is 0 Å². The number of amides is 1. The lowest BCUT2D eigenvalue weighted by atomic mass is 10.2. The van der Waals surface area contributed by atoms with Crippen molar-refractivity contribution in [2.24, 2.45) is 21.3 Å². The molecule has 46 valence electrons. The molecular weight excluding hydrogens is 122 g/mol. The first-order valence-electron chi connectivity index (χ1n) is 2.28. The molecule has 0 aromatic heterocycles. The second kappa shape index (κ2) is 2.25. The zero-order chi connectivity index (χ0) is 6.69. The summed E-state index contributed by atoms with van der Waals surface area (Å²) >= 11 is 0. The molecule has 0 radical (unpaired) electrons. The van der Waals surface area contributed by atoms with Crippen molar-refractivity contribution >= 4 is 18.3 Å². The van der Waals surface area contributed by atoms with E-state index in [2.05, 4.69) is 15.4 Å². The number of hydrogen-bond acceptors (Lipinski definition) is 4. The summed E-state index contributed by atoms with van der Waals surface area (Å²) in [5.74, 6) is -1.37. The third-order valence-electron chi connectivity index (χ3n) is 0.896. The van der Waals surface area contributed by atoms with Gasteiger partial charge in [-0.25, -0.2) is 0 Å². The summed E-state index contributed by atoms with van der Waals surface area (Å²) in [7, 11) is 0. The highest BCUT2D eigenvalue weighted by Crippen LogP contribution is 1.98. The van der Waals surface area contributed by atoms with Crippen LogP contribution in [0.4, 0.5) is 0 Å². The quantitative estimate of drug-likeness (QED) is 0.461. The number of hydrogen-bond donors (Lipinski definition) is 0. The molecule has 0 atom stereocenters. The molecule has 0 spiro atoms. The predicted octanol–water partition coefficient (Wildman–Crippen LogP) is -0.0342. The summed E-state index contributed by atoms with van der Waals surface area (Å²) in [6, 6.07) is 0. The van der Waals surface area contributed by atoms with Gasteiger partial charge < -0.3 is 0 Å². The molecule has 1 aliphatic heterocycles. The smallest absolute Gasteiger partial charge is 0.268 e. The van der Waals surface area contributed by atoms with Gasteiger partial charge in [0.2, 0.25) is 0 Å². The SMILES string of the molecule is O=NC(=O)C1C=NN=C1. The minimum absolute atomic E-state index is 0.623. The van der Waals surface area contributed by atoms with Crippen LogP contribution in [0.3, 0.4) is 0 Å². The zero-order valence-electron chi connectivity index (χ0n) is 4.39. The van der Waals surface area contributed by atoms with Crippen molar-refractivity contribution in [3.63, 3.8) is 0 Å². The fourth-order valence-corrected chi connectivity index (χ4v) is 0.447. The largest absolute Gasteiger partial charge is 0.300 e. The Hall–Kier alpha value is -1.39. The molecule has 0 saturated heterocycles. The molecule has 1 heterocycles. The Bertz CT molecular complexity index is 184. The van der Waals surface area contributed by atoms with Crippen LogP contribution in [0.15, 0.2) is 15.4 Å². The lowest BCUT2D eigenvalue weighted by Gasteiger charge is -1.86. The van der Waals surface area contributed by atoms with Crippen molar-refractivity contribution in [3.8, 4) is 0 Å². The number of carbonyl (C=O) groups excluding carboxylic acids is 1. The fraction of sp³-hybridized carbons (Fsp3) is 0.250. The van der Waals surface area contributed by atoms with Gasteiger partial charge in [-0.15, -0.1) is 4.91 Å². The average molecular weight is 125 g/mol. The molecule has 0 aliphatic carbocycles. The molecule has 0 bridgehead atoms. The molecule has 5 heteroatoms. The van der Waals surface area contributed by atoms with Crippen LogP contribution in [0, 0.1) is 10.8 Å². The van der Waals surface area contributed by atoms with Gasteiger partial charge in [0.1, 0.15) is 5.92 Å². The molecule has 5 nitrogen and oxygen atoms in total. The van der Waals surface area contributed by atoms with Gasteiger partial charge >= 0.3 is 0 Å². The Balaban J connectivity index is 2.63. The highest BCUT2D eigenvalue weighted by atomic mass is 16.3. The monoisotopic (exact) mass is 125 g/mol. The predicted molar refractivity (Wildman–Crippen MR) is 31.3 cm³/mol. The van der Waals surface area contributed by atoms with Crippen molar-refractivity contribution in [3.05, 3.63) is 4.91 Å². The molecule has 9 heavy (non-hydrogen) atoms. The fourth-order valence-electron chi connectivity index (χ4n) is 0.447. The average Bonchev–Trinajstić information content (AvgIpc) is 2.37. The lowest BCUT2D eigenvalue weighted by molar-refractivity contribution is -0.118. The maximum absolute atomic E-state index is 10.4. The molecular formula is C4H3N3O2. The van der Waals surface area contributed by atoms with Gasteiger partial charge in [0.25, 0.3) is 5.91 Å². The summed E-state index contributed by atoms with van der Waals surface area (Å²) in [6.07, 6.45) is 2.54. The van der Waals surface area contributed by atoms with Crippen LogP contribution in [-0.4, -0.2) is 18.3 Å². The third kappa shape index (κ3) is 1.04. The first-order valence-corrected chi connectivity index (χ1v) is 2.28. The van der Waals surface area contributed by atoms with Gasteiger partial charge in [-0.3, -0.25) is 4.79 Å². The van der Waals surface area contributed by atoms with Crippen LogP contribution in [-0.2, 0) is 4.79 Å². The summed E-state index contributed by atoms with van der Waals surface area (Å²) < 4.78 is 0. The molecule has 0 aromatic carbocycles. The van der Waals surface area contributed by atoms with Crippen molar-refractivity contribution in [1.82, 2.24) is 0 Å². The molecule has 0 aromatic rings. The van der Waals surface area contributed by atoms with Crippen LogP contribution in [0.2, 0.25) is 0 Å². The summed E-state index contributed by atoms with van der Waals surface area (Å²) in [5.41, 5.74) is 0. The third-order valence-corrected chi connectivity index (χ3v) is 0.896. The Morgan fingerprint density at radius 3 is 2.44 bits per heavy atom. The Kier molecular flexibility index (Phi) is 1.44. The minimum atomic E-state index is -0.750. The second-order valence-corrected chi connectivity index (χ2v) is 1.48. The standard InChI is InChI=1S/C4H3N3O2/c8-4(7-9)3-1-5-6-2-3/h1-3H. The molecule has 0 unspecified atom stereocenters. The lowest BCUT2D eigenvalue weighted by Crippen LogP contribution is -2.11. The van der Waals surface area contributed by atoms with E-state index in [1.54, 1.807) is 0 Å². The normalized spacial score (nSPS) is 16.4. The van der Waals surface area contributed by atoms with Gasteiger partial charge in [-0.05, 0) is 0 Å². The maximum atomic E-state index is 10.4. The summed E-state index contributed by atoms with van der Waals surface area (Å²) in [4.78, 5) is 19.9. The number of nitroso groups, excluding NO2 is 1. The van der Waals surface area contributed by atoms with Crippen LogP contribution >= 0.6 is 0 Å². The second-order valence-electron chi connectivity index (χ2n) is 1.48. The minimum Gasteiger partial charge on any atom is -0.268 e. The summed E-state index contributed by atoms with van der Waals surface area (Å²) in [6.45, 7) is 0. The number of nitrogens with zero attached hydrogens (tertiary/aromatic N) is 3. The highest BCUT2D eigenvalue weighted by molar-refractivity contribution is 6.09. The zero-order valence-corrected chi connectivity index (χ0v) is 4.39. The molecule has 0 fully saturated rings. The van der Waals surface area contributed by atoms with Crippen molar-refractivity contribution < 1.29 is 4.79 Å². The Morgan fingerprint density at radius 2 is 2.00 bits per heavy atom. The van der Waals surface area contributed by atoms with Gasteiger partial charge in [0.15, 0.2) is 0 Å². The van der Waals surface area contributed by atoms with E-state index in [-0.39, 0.29) is 0 Å². The van der Waals surface area contributed by atoms with Gasteiger partial charge in [-0.1, -0.05) is 0 Å². The van der Waals surface area contributed by atoms with Gasteiger partial charge in [-0.2, -0.15) is 10.2 Å². The Morgan fingerprint density at radius 1 is 1.44 bits per heavy atom. The van der Waals surface area contributed by atoms with E-state index in [0.717, 1.165) is 0 Å². The molecule has 1 amide bonds. The highest BCUT2D eigenvalue weighted by Gasteiger charge is 2.16. The van der Waals surface area contributed by atoms with Gasteiger partial charge in [0.05, 0.1) is 0 Å². The maximum Gasteiger partial charge on any atom is 0.300 e. The van der Waals surface area contributed by atoms with Crippen LogP contribution in [0.1, 0.15) is 0 Å². The van der Waals surface area contributed by atoms with E-state index in [0.29, 0.717) is 0 Å². The van der Waals surface area contributed by atoms with E-state index in [1.807, 2.05) is 0 Å². The van der Waals surface area contributed by atoms with Crippen molar-refractivity contribution in [1.29, 1.82) is 0 Å². The Labute approximate surface area is 50.4 Å². The van der Waals surface area contributed by atoms with Crippen LogP contribution < -0.4 is 0 Å². The number of rotatable bonds is 1. The van der Waals surface area contributed by atoms with Crippen LogP contribution in [0.5, 0.6) is 0 Å². The van der Waals surface area contributed by atoms with Crippen LogP contribution in [0.25, 0.3) is 0 Å². The summed E-state index contributed by atoms with van der Waals surface area (Å²) in [5, 5.41) is 8.92.